The number of aryl methyl sites for hydroxylation is 1. The molecule has 7 nitrogen and oxygen atoms in total. The smallest absolute Gasteiger partial charge is 0.328 e. The standard InChI is InChI=1S/C12H10N4O3/c1-8-2-3-10(19-8)7-15-12-11(16(17)18)9(6-13)4-5-14-12/h2-5H,7H2,1H3,(H,14,15). The zero-order chi connectivity index (χ0) is 13.8. The van der Waals surface area contributed by atoms with Gasteiger partial charge in [-0.25, -0.2) is 4.98 Å². The van der Waals surface area contributed by atoms with Gasteiger partial charge in [-0.1, -0.05) is 0 Å². The molecule has 96 valence electrons. The number of hydrogen-bond donors (Lipinski definition) is 1. The molecule has 0 aliphatic rings. The van der Waals surface area contributed by atoms with Crippen LogP contribution in [0.3, 0.4) is 0 Å². The molecule has 0 spiro atoms. The molecule has 2 rings (SSSR count). The van der Waals surface area contributed by atoms with Crippen molar-refractivity contribution in [2.24, 2.45) is 0 Å². The topological polar surface area (TPSA) is 105 Å². The van der Waals surface area contributed by atoms with E-state index in [2.05, 4.69) is 10.3 Å². The SMILES string of the molecule is Cc1ccc(CNc2nccc(C#N)c2[N+](=O)[O-])o1. The minimum atomic E-state index is -0.624. The van der Waals surface area contributed by atoms with Crippen molar-refractivity contribution in [2.45, 2.75) is 13.5 Å². The molecule has 0 fully saturated rings. The van der Waals surface area contributed by atoms with E-state index in [1.807, 2.05) is 0 Å². The Labute approximate surface area is 108 Å². The van der Waals surface area contributed by atoms with Gasteiger partial charge in [-0.05, 0) is 25.1 Å². The molecule has 1 N–H and O–H groups in total. The molecule has 7 heteroatoms. The fourth-order valence-electron chi connectivity index (χ4n) is 1.61. The molecule has 0 aliphatic heterocycles. The van der Waals surface area contributed by atoms with E-state index in [0.29, 0.717) is 5.76 Å². The molecule has 0 radical (unpaired) electrons. The number of nitrogens with zero attached hydrogens (tertiary/aromatic N) is 3. The third-order valence-electron chi connectivity index (χ3n) is 2.45. The molecule has 0 amide bonds. The van der Waals surface area contributed by atoms with Crippen LogP contribution in [-0.4, -0.2) is 9.91 Å². The average Bonchev–Trinajstić information content (AvgIpc) is 2.81. The predicted octanol–water partition coefficient (Wildman–Crippen LogP) is 2.38. The number of nitriles is 1. The van der Waals surface area contributed by atoms with E-state index in [4.69, 9.17) is 9.68 Å². The van der Waals surface area contributed by atoms with Crippen LogP contribution in [0.1, 0.15) is 17.1 Å². The quantitative estimate of drug-likeness (QED) is 0.666. The van der Waals surface area contributed by atoms with Crippen LogP contribution in [0.2, 0.25) is 0 Å². The van der Waals surface area contributed by atoms with Crippen molar-refractivity contribution in [1.82, 2.24) is 4.98 Å². The summed E-state index contributed by atoms with van der Waals surface area (Å²) < 4.78 is 5.34. The summed E-state index contributed by atoms with van der Waals surface area (Å²) in [7, 11) is 0. The molecular formula is C12H10N4O3. The monoisotopic (exact) mass is 258 g/mol. The lowest BCUT2D eigenvalue weighted by atomic mass is 10.2. The number of nitrogens with one attached hydrogen (secondary N) is 1. The molecule has 0 aromatic carbocycles. The second kappa shape index (κ2) is 5.18. The highest BCUT2D eigenvalue weighted by Crippen LogP contribution is 2.26. The maximum atomic E-state index is 11.0. The number of aromatic nitrogens is 1. The molecule has 0 atom stereocenters. The molecule has 0 unspecified atom stereocenters. The van der Waals surface area contributed by atoms with E-state index in [-0.39, 0.29) is 23.6 Å². The Balaban J connectivity index is 2.25. The number of anilines is 1. The third-order valence-corrected chi connectivity index (χ3v) is 2.45. The normalized spacial score (nSPS) is 9.89. The van der Waals surface area contributed by atoms with Crippen LogP contribution < -0.4 is 5.32 Å². The first kappa shape index (κ1) is 12.6. The van der Waals surface area contributed by atoms with Crippen molar-refractivity contribution in [3.8, 4) is 6.07 Å². The van der Waals surface area contributed by atoms with Crippen LogP contribution in [-0.2, 0) is 6.54 Å². The van der Waals surface area contributed by atoms with Crippen molar-refractivity contribution >= 4 is 11.5 Å². The second-order valence-electron chi connectivity index (χ2n) is 3.79. The van der Waals surface area contributed by atoms with Gasteiger partial charge in [-0.2, -0.15) is 5.26 Å². The molecule has 2 heterocycles. The van der Waals surface area contributed by atoms with E-state index in [1.54, 1.807) is 25.1 Å². The van der Waals surface area contributed by atoms with Gasteiger partial charge in [-0.15, -0.1) is 0 Å². The number of pyridine rings is 1. The first-order valence-electron chi connectivity index (χ1n) is 5.44. The summed E-state index contributed by atoms with van der Waals surface area (Å²) in [6.07, 6.45) is 1.35. The van der Waals surface area contributed by atoms with Gasteiger partial charge in [0.1, 0.15) is 23.2 Å². The minimum absolute atomic E-state index is 0.0295. The van der Waals surface area contributed by atoms with Crippen LogP contribution in [0.15, 0.2) is 28.8 Å². The summed E-state index contributed by atoms with van der Waals surface area (Å²) in [5.74, 6) is 1.44. The zero-order valence-electron chi connectivity index (χ0n) is 10.1. The fourth-order valence-corrected chi connectivity index (χ4v) is 1.61. The van der Waals surface area contributed by atoms with E-state index in [9.17, 15) is 10.1 Å². The fraction of sp³-hybridized carbons (Fsp3) is 0.167. The maximum absolute atomic E-state index is 11.0. The van der Waals surface area contributed by atoms with E-state index in [0.717, 1.165) is 5.76 Å². The van der Waals surface area contributed by atoms with Gasteiger partial charge >= 0.3 is 5.69 Å². The predicted molar refractivity (Wildman–Crippen MR) is 66.4 cm³/mol. The highest BCUT2D eigenvalue weighted by atomic mass is 16.6. The van der Waals surface area contributed by atoms with E-state index >= 15 is 0 Å². The first-order chi connectivity index (χ1) is 9.11. The van der Waals surface area contributed by atoms with E-state index in [1.165, 1.54) is 12.3 Å². The highest BCUT2D eigenvalue weighted by molar-refractivity contribution is 5.63. The third kappa shape index (κ3) is 2.69. The highest BCUT2D eigenvalue weighted by Gasteiger charge is 2.21. The second-order valence-corrected chi connectivity index (χ2v) is 3.79. The van der Waals surface area contributed by atoms with Crippen LogP contribution in [0.5, 0.6) is 0 Å². The van der Waals surface area contributed by atoms with Crippen LogP contribution in [0, 0.1) is 28.4 Å². The molecule has 0 bridgehead atoms. The lowest BCUT2D eigenvalue weighted by molar-refractivity contribution is -0.384. The van der Waals surface area contributed by atoms with Crippen molar-refractivity contribution in [1.29, 1.82) is 5.26 Å². The molecule has 19 heavy (non-hydrogen) atoms. The van der Waals surface area contributed by atoms with Gasteiger partial charge in [0.2, 0.25) is 5.82 Å². The van der Waals surface area contributed by atoms with Gasteiger partial charge in [0.25, 0.3) is 0 Å². The molecular weight excluding hydrogens is 248 g/mol. The first-order valence-corrected chi connectivity index (χ1v) is 5.44. The van der Waals surface area contributed by atoms with Gasteiger partial charge in [0.15, 0.2) is 0 Å². The zero-order valence-corrected chi connectivity index (χ0v) is 10.1. The Morgan fingerprint density at radius 2 is 2.32 bits per heavy atom. The molecule has 0 aliphatic carbocycles. The number of hydrogen-bond acceptors (Lipinski definition) is 6. The lowest BCUT2D eigenvalue weighted by Gasteiger charge is -2.04. The number of rotatable bonds is 4. The average molecular weight is 258 g/mol. The van der Waals surface area contributed by atoms with Crippen molar-refractivity contribution in [3.05, 3.63) is 51.6 Å². The Hall–Kier alpha value is -2.88. The van der Waals surface area contributed by atoms with Crippen molar-refractivity contribution in [2.75, 3.05) is 5.32 Å². The Morgan fingerprint density at radius 3 is 2.89 bits per heavy atom. The summed E-state index contributed by atoms with van der Waals surface area (Å²) in [5.41, 5.74) is -0.355. The molecule has 0 saturated carbocycles. The summed E-state index contributed by atoms with van der Waals surface area (Å²) >= 11 is 0. The summed E-state index contributed by atoms with van der Waals surface area (Å²) in [6.45, 7) is 2.07. The summed E-state index contributed by atoms with van der Waals surface area (Å²) in [6, 6.07) is 6.64. The van der Waals surface area contributed by atoms with Gasteiger partial charge in [-0.3, -0.25) is 10.1 Å². The van der Waals surface area contributed by atoms with Gasteiger partial charge < -0.3 is 9.73 Å². The van der Waals surface area contributed by atoms with Crippen molar-refractivity contribution < 1.29 is 9.34 Å². The lowest BCUT2D eigenvalue weighted by Crippen LogP contribution is -2.05. The maximum Gasteiger partial charge on any atom is 0.328 e. The van der Waals surface area contributed by atoms with Crippen LogP contribution in [0.4, 0.5) is 11.5 Å². The minimum Gasteiger partial charge on any atom is -0.465 e. The van der Waals surface area contributed by atoms with Gasteiger partial charge in [0, 0.05) is 6.20 Å². The largest absolute Gasteiger partial charge is 0.465 e. The molecule has 2 aromatic heterocycles. The number of nitro groups is 1. The Bertz CT molecular complexity index is 657. The molecule has 0 saturated heterocycles. The Kier molecular flexibility index (Phi) is 3.43. The van der Waals surface area contributed by atoms with Gasteiger partial charge in [0.05, 0.1) is 11.5 Å². The number of furan rings is 1. The molecule has 2 aromatic rings. The Morgan fingerprint density at radius 1 is 1.53 bits per heavy atom. The van der Waals surface area contributed by atoms with Crippen molar-refractivity contribution in [3.63, 3.8) is 0 Å². The van der Waals surface area contributed by atoms with Crippen LogP contribution in [0.25, 0.3) is 0 Å². The van der Waals surface area contributed by atoms with E-state index < -0.39 is 4.92 Å². The van der Waals surface area contributed by atoms with Crippen LogP contribution >= 0.6 is 0 Å². The summed E-state index contributed by atoms with van der Waals surface area (Å²) in [4.78, 5) is 14.2. The summed E-state index contributed by atoms with van der Waals surface area (Å²) in [5, 5.41) is 22.6.